The molecule has 92 valence electrons. The van der Waals surface area contributed by atoms with Gasteiger partial charge in [0.05, 0.1) is 5.60 Å². The first-order valence-corrected chi connectivity index (χ1v) is 6.47. The number of rotatable bonds is 5. The van der Waals surface area contributed by atoms with E-state index in [4.69, 9.17) is 16.9 Å². The van der Waals surface area contributed by atoms with Gasteiger partial charge in [-0.05, 0) is 32.1 Å². The Morgan fingerprint density at radius 3 is 2.94 bits per heavy atom. The Morgan fingerprint density at radius 2 is 2.38 bits per heavy atom. The Kier molecular flexibility index (Phi) is 5.31. The van der Waals surface area contributed by atoms with Gasteiger partial charge in [0.15, 0.2) is 0 Å². The lowest BCUT2D eigenvalue weighted by molar-refractivity contribution is -0.0937. The minimum atomic E-state index is -0.108. The Balaban J connectivity index is 2.66. The quantitative estimate of drug-likeness (QED) is 0.727. The highest BCUT2D eigenvalue weighted by Gasteiger charge is 2.40. The molecule has 2 heteroatoms. The lowest BCUT2D eigenvalue weighted by atomic mass is 9.73. The van der Waals surface area contributed by atoms with E-state index in [-0.39, 0.29) is 11.6 Å². The van der Waals surface area contributed by atoms with E-state index in [0.29, 0.717) is 0 Å². The van der Waals surface area contributed by atoms with Gasteiger partial charge in [-0.25, -0.2) is 0 Å². The standard InChI is InChI=1S/C14H25NO/c1-4-6-9-13(15)14(16-5-2)10-7-8-12(3)11-14/h1,12-13H,5-11,15H2,2-3H3. The molecule has 1 aliphatic rings. The van der Waals surface area contributed by atoms with Gasteiger partial charge >= 0.3 is 0 Å². The van der Waals surface area contributed by atoms with Gasteiger partial charge in [-0.15, -0.1) is 12.3 Å². The SMILES string of the molecule is C#CCCC(N)C1(OCC)CCCC(C)C1. The minimum absolute atomic E-state index is 0.0891. The Bertz CT molecular complexity index is 242. The maximum absolute atomic E-state index is 6.30. The van der Waals surface area contributed by atoms with E-state index in [1.165, 1.54) is 12.8 Å². The second kappa shape index (κ2) is 6.27. The summed E-state index contributed by atoms with van der Waals surface area (Å²) >= 11 is 0. The molecule has 0 aromatic rings. The van der Waals surface area contributed by atoms with Crippen LogP contribution in [0.4, 0.5) is 0 Å². The van der Waals surface area contributed by atoms with Crippen LogP contribution in [0.15, 0.2) is 0 Å². The fraction of sp³-hybridized carbons (Fsp3) is 0.857. The van der Waals surface area contributed by atoms with E-state index in [1.807, 2.05) is 0 Å². The fourth-order valence-corrected chi connectivity index (χ4v) is 2.91. The highest BCUT2D eigenvalue weighted by atomic mass is 16.5. The molecule has 1 fully saturated rings. The summed E-state index contributed by atoms with van der Waals surface area (Å²) in [6.07, 6.45) is 11.7. The number of terminal acetylenes is 1. The van der Waals surface area contributed by atoms with Crippen LogP contribution in [0, 0.1) is 18.3 Å². The van der Waals surface area contributed by atoms with Crippen LogP contribution in [0.1, 0.15) is 52.4 Å². The monoisotopic (exact) mass is 223 g/mol. The van der Waals surface area contributed by atoms with Gasteiger partial charge in [-0.3, -0.25) is 0 Å². The lowest BCUT2D eigenvalue weighted by Crippen LogP contribution is -2.52. The predicted octanol–water partition coefficient (Wildman–Crippen LogP) is 2.71. The zero-order chi connectivity index (χ0) is 12.0. The van der Waals surface area contributed by atoms with Crippen LogP contribution < -0.4 is 5.73 Å². The van der Waals surface area contributed by atoms with E-state index >= 15 is 0 Å². The van der Waals surface area contributed by atoms with Gasteiger partial charge in [0.2, 0.25) is 0 Å². The molecule has 3 unspecified atom stereocenters. The second-order valence-corrected chi connectivity index (χ2v) is 5.05. The van der Waals surface area contributed by atoms with Gasteiger partial charge in [-0.1, -0.05) is 19.8 Å². The third kappa shape index (κ3) is 3.23. The van der Waals surface area contributed by atoms with Crippen LogP contribution in [0.3, 0.4) is 0 Å². The molecule has 0 radical (unpaired) electrons. The molecular weight excluding hydrogens is 198 g/mol. The summed E-state index contributed by atoms with van der Waals surface area (Å²) in [6, 6.07) is 0.0891. The van der Waals surface area contributed by atoms with Crippen LogP contribution in [0.2, 0.25) is 0 Å². The van der Waals surface area contributed by atoms with Crippen LogP contribution in [0.5, 0.6) is 0 Å². The highest BCUT2D eigenvalue weighted by molar-refractivity contribution is 4.97. The molecule has 1 rings (SSSR count). The zero-order valence-electron chi connectivity index (χ0n) is 10.7. The number of ether oxygens (including phenoxy) is 1. The van der Waals surface area contributed by atoms with Crippen molar-refractivity contribution < 1.29 is 4.74 Å². The molecule has 0 aromatic heterocycles. The molecule has 1 aliphatic carbocycles. The minimum Gasteiger partial charge on any atom is -0.374 e. The van der Waals surface area contributed by atoms with Crippen molar-refractivity contribution >= 4 is 0 Å². The van der Waals surface area contributed by atoms with Gasteiger partial charge < -0.3 is 10.5 Å². The molecule has 3 atom stereocenters. The maximum atomic E-state index is 6.30. The summed E-state index contributed by atoms with van der Waals surface area (Å²) in [4.78, 5) is 0. The van der Waals surface area contributed by atoms with Crippen LogP contribution in [-0.4, -0.2) is 18.2 Å². The molecule has 0 aliphatic heterocycles. The third-order valence-electron chi connectivity index (χ3n) is 3.70. The first-order chi connectivity index (χ1) is 7.64. The summed E-state index contributed by atoms with van der Waals surface area (Å²) in [5.74, 6) is 3.39. The van der Waals surface area contributed by atoms with Crippen LogP contribution in [-0.2, 0) is 4.74 Å². The van der Waals surface area contributed by atoms with Crippen molar-refractivity contribution in [2.75, 3.05) is 6.61 Å². The first kappa shape index (κ1) is 13.5. The average molecular weight is 223 g/mol. The topological polar surface area (TPSA) is 35.2 Å². The highest BCUT2D eigenvalue weighted by Crippen LogP contribution is 2.38. The third-order valence-corrected chi connectivity index (χ3v) is 3.70. The van der Waals surface area contributed by atoms with E-state index in [2.05, 4.69) is 19.8 Å². The van der Waals surface area contributed by atoms with Crippen molar-refractivity contribution in [3.05, 3.63) is 0 Å². The molecule has 0 heterocycles. The average Bonchev–Trinajstić information content (AvgIpc) is 2.26. The van der Waals surface area contributed by atoms with Crippen molar-refractivity contribution in [1.29, 1.82) is 0 Å². The fourth-order valence-electron chi connectivity index (χ4n) is 2.91. The maximum Gasteiger partial charge on any atom is 0.0835 e. The van der Waals surface area contributed by atoms with Gasteiger partial charge in [0.25, 0.3) is 0 Å². The van der Waals surface area contributed by atoms with Crippen molar-refractivity contribution in [3.63, 3.8) is 0 Å². The smallest absolute Gasteiger partial charge is 0.0835 e. The molecule has 0 bridgehead atoms. The van der Waals surface area contributed by atoms with E-state index in [1.54, 1.807) is 0 Å². The predicted molar refractivity (Wildman–Crippen MR) is 68.0 cm³/mol. The molecule has 2 N–H and O–H groups in total. The summed E-state index contributed by atoms with van der Waals surface area (Å²) < 4.78 is 6.01. The summed E-state index contributed by atoms with van der Waals surface area (Å²) in [7, 11) is 0. The molecule has 0 spiro atoms. The second-order valence-electron chi connectivity index (χ2n) is 5.05. The first-order valence-electron chi connectivity index (χ1n) is 6.47. The van der Waals surface area contributed by atoms with Gasteiger partial charge in [0, 0.05) is 19.1 Å². The molecule has 1 saturated carbocycles. The number of nitrogens with two attached hydrogens (primary N) is 1. The van der Waals surface area contributed by atoms with E-state index in [9.17, 15) is 0 Å². The molecule has 16 heavy (non-hydrogen) atoms. The lowest BCUT2D eigenvalue weighted by Gasteiger charge is -2.43. The molecule has 0 amide bonds. The van der Waals surface area contributed by atoms with Gasteiger partial charge in [0.1, 0.15) is 0 Å². The van der Waals surface area contributed by atoms with Crippen molar-refractivity contribution in [2.45, 2.75) is 64.0 Å². The Morgan fingerprint density at radius 1 is 1.62 bits per heavy atom. The number of hydrogen-bond donors (Lipinski definition) is 1. The Labute approximate surface area is 99.9 Å². The van der Waals surface area contributed by atoms with Crippen LogP contribution in [0.25, 0.3) is 0 Å². The molecule has 0 saturated heterocycles. The molecular formula is C14H25NO. The van der Waals surface area contributed by atoms with E-state index < -0.39 is 0 Å². The Hall–Kier alpha value is -0.520. The molecule has 2 nitrogen and oxygen atoms in total. The van der Waals surface area contributed by atoms with Crippen molar-refractivity contribution in [1.82, 2.24) is 0 Å². The zero-order valence-corrected chi connectivity index (χ0v) is 10.7. The van der Waals surface area contributed by atoms with Crippen molar-refractivity contribution in [3.8, 4) is 12.3 Å². The number of hydrogen-bond acceptors (Lipinski definition) is 2. The largest absolute Gasteiger partial charge is 0.374 e. The summed E-state index contributed by atoms with van der Waals surface area (Å²) in [6.45, 7) is 5.09. The van der Waals surface area contributed by atoms with Crippen LogP contribution >= 0.6 is 0 Å². The summed E-state index contributed by atoms with van der Waals surface area (Å²) in [5, 5.41) is 0. The van der Waals surface area contributed by atoms with Gasteiger partial charge in [-0.2, -0.15) is 0 Å². The van der Waals surface area contributed by atoms with E-state index in [0.717, 1.165) is 38.2 Å². The normalized spacial score (nSPS) is 32.0. The summed E-state index contributed by atoms with van der Waals surface area (Å²) in [5.41, 5.74) is 6.19. The molecule has 0 aromatic carbocycles. The van der Waals surface area contributed by atoms with Crippen molar-refractivity contribution in [2.24, 2.45) is 11.7 Å².